The minimum atomic E-state index is 0.388. The molecule has 0 saturated heterocycles. The van der Waals surface area contributed by atoms with Gasteiger partial charge in [0.15, 0.2) is 0 Å². The van der Waals surface area contributed by atoms with E-state index in [9.17, 15) is 0 Å². The first-order valence-electron chi connectivity index (χ1n) is 4.61. The molecule has 3 heteroatoms. The first-order chi connectivity index (χ1) is 6.60. The number of nitrogen functional groups attached to an aromatic ring is 1. The number of nitrogens with two attached hydrogens (primary N) is 1. The summed E-state index contributed by atoms with van der Waals surface area (Å²) in [6, 6.07) is 3.73. The summed E-state index contributed by atoms with van der Waals surface area (Å²) in [5.41, 5.74) is 7.49. The molecule has 1 aromatic rings. The summed E-state index contributed by atoms with van der Waals surface area (Å²) in [4.78, 5) is 0. The van der Waals surface area contributed by atoms with Crippen molar-refractivity contribution < 1.29 is 9.47 Å². The maximum atomic E-state index is 5.77. The summed E-state index contributed by atoms with van der Waals surface area (Å²) < 4.78 is 10.4. The molecule has 0 heterocycles. The molecule has 0 aliphatic heterocycles. The molecule has 14 heavy (non-hydrogen) atoms. The highest BCUT2D eigenvalue weighted by molar-refractivity contribution is 5.60. The lowest BCUT2D eigenvalue weighted by Gasteiger charge is -2.14. The van der Waals surface area contributed by atoms with Crippen molar-refractivity contribution in [3.63, 3.8) is 0 Å². The van der Waals surface area contributed by atoms with Crippen LogP contribution in [0.4, 0.5) is 5.69 Å². The molecule has 0 fully saturated rings. The minimum absolute atomic E-state index is 0.388. The van der Waals surface area contributed by atoms with Crippen molar-refractivity contribution in [2.24, 2.45) is 0 Å². The van der Waals surface area contributed by atoms with Gasteiger partial charge >= 0.3 is 0 Å². The lowest BCUT2D eigenvalue weighted by molar-refractivity contribution is 0.398. The Morgan fingerprint density at radius 2 is 1.64 bits per heavy atom. The highest BCUT2D eigenvalue weighted by Crippen LogP contribution is 2.34. The molecule has 0 atom stereocenters. The van der Waals surface area contributed by atoms with Crippen LogP contribution in [0.3, 0.4) is 0 Å². The van der Waals surface area contributed by atoms with Gasteiger partial charge < -0.3 is 15.2 Å². The second-order valence-electron chi connectivity index (χ2n) is 3.49. The van der Waals surface area contributed by atoms with E-state index >= 15 is 0 Å². The molecule has 0 aliphatic rings. The zero-order valence-corrected chi connectivity index (χ0v) is 9.13. The number of hydrogen-bond acceptors (Lipinski definition) is 3. The first kappa shape index (κ1) is 10.7. The third-order valence-corrected chi connectivity index (χ3v) is 2.20. The van der Waals surface area contributed by atoms with Gasteiger partial charge in [0.1, 0.15) is 11.5 Å². The van der Waals surface area contributed by atoms with Gasteiger partial charge in [-0.25, -0.2) is 0 Å². The Morgan fingerprint density at radius 1 is 1.07 bits per heavy atom. The summed E-state index contributed by atoms with van der Waals surface area (Å²) in [7, 11) is 3.26. The normalized spacial score (nSPS) is 10.4. The molecule has 0 bridgehead atoms. The van der Waals surface area contributed by atoms with Crippen LogP contribution in [0.5, 0.6) is 11.5 Å². The predicted octanol–water partition coefficient (Wildman–Crippen LogP) is 2.41. The molecule has 0 aliphatic carbocycles. The molecule has 0 spiro atoms. The highest BCUT2D eigenvalue weighted by Gasteiger charge is 2.11. The topological polar surface area (TPSA) is 44.5 Å². The average molecular weight is 195 g/mol. The third kappa shape index (κ3) is 1.92. The zero-order valence-electron chi connectivity index (χ0n) is 9.13. The Morgan fingerprint density at radius 3 is 2.07 bits per heavy atom. The van der Waals surface area contributed by atoms with Crippen molar-refractivity contribution in [1.82, 2.24) is 0 Å². The standard InChI is InChI=1S/C11H17NO2/c1-7(2)8-5-11(14-4)9(12)6-10(8)13-3/h5-7H,12H2,1-4H3. The molecule has 0 radical (unpaired) electrons. The van der Waals surface area contributed by atoms with Crippen molar-refractivity contribution >= 4 is 5.69 Å². The van der Waals surface area contributed by atoms with Crippen LogP contribution in [0.25, 0.3) is 0 Å². The zero-order chi connectivity index (χ0) is 10.7. The molecular formula is C11H17NO2. The largest absolute Gasteiger partial charge is 0.496 e. The quantitative estimate of drug-likeness (QED) is 0.753. The third-order valence-electron chi connectivity index (χ3n) is 2.20. The molecule has 0 unspecified atom stereocenters. The molecule has 78 valence electrons. The monoisotopic (exact) mass is 195 g/mol. The molecule has 0 amide bonds. The number of hydrogen-bond donors (Lipinski definition) is 1. The Kier molecular flexibility index (Phi) is 3.23. The number of rotatable bonds is 3. The van der Waals surface area contributed by atoms with Gasteiger partial charge in [-0.05, 0) is 12.0 Å². The van der Waals surface area contributed by atoms with E-state index in [1.807, 2.05) is 6.07 Å². The van der Waals surface area contributed by atoms with Gasteiger partial charge in [0.2, 0.25) is 0 Å². The predicted molar refractivity (Wildman–Crippen MR) is 58.0 cm³/mol. The van der Waals surface area contributed by atoms with Crippen LogP contribution in [-0.4, -0.2) is 14.2 Å². The summed E-state index contributed by atoms with van der Waals surface area (Å²) >= 11 is 0. The van der Waals surface area contributed by atoms with E-state index in [1.165, 1.54) is 0 Å². The number of anilines is 1. The maximum absolute atomic E-state index is 5.77. The van der Waals surface area contributed by atoms with Crippen LogP contribution in [-0.2, 0) is 0 Å². The van der Waals surface area contributed by atoms with Crippen LogP contribution in [0.15, 0.2) is 12.1 Å². The summed E-state index contributed by atoms with van der Waals surface area (Å²) in [5.74, 6) is 1.91. The Labute approximate surface area is 84.8 Å². The van der Waals surface area contributed by atoms with Gasteiger partial charge in [-0.2, -0.15) is 0 Å². The van der Waals surface area contributed by atoms with Gasteiger partial charge in [-0.3, -0.25) is 0 Å². The number of benzene rings is 1. The Bertz CT molecular complexity index is 321. The molecule has 1 rings (SSSR count). The summed E-state index contributed by atoms with van der Waals surface area (Å²) in [6.07, 6.45) is 0. The van der Waals surface area contributed by atoms with Crippen molar-refractivity contribution in [3.05, 3.63) is 17.7 Å². The van der Waals surface area contributed by atoms with E-state index in [0.717, 1.165) is 11.3 Å². The fourth-order valence-corrected chi connectivity index (χ4v) is 1.40. The molecular weight excluding hydrogens is 178 g/mol. The van der Waals surface area contributed by atoms with Crippen LogP contribution < -0.4 is 15.2 Å². The Hall–Kier alpha value is -1.38. The van der Waals surface area contributed by atoms with Crippen molar-refractivity contribution in [2.75, 3.05) is 20.0 Å². The van der Waals surface area contributed by atoms with Crippen LogP contribution in [0.1, 0.15) is 25.3 Å². The summed E-state index contributed by atoms with van der Waals surface area (Å²) in [5, 5.41) is 0. The Balaban J connectivity index is 3.25. The van der Waals surface area contributed by atoms with Gasteiger partial charge in [0, 0.05) is 11.6 Å². The van der Waals surface area contributed by atoms with Crippen molar-refractivity contribution in [3.8, 4) is 11.5 Å². The smallest absolute Gasteiger partial charge is 0.142 e. The maximum Gasteiger partial charge on any atom is 0.142 e. The van der Waals surface area contributed by atoms with Gasteiger partial charge in [0.05, 0.1) is 19.9 Å². The van der Waals surface area contributed by atoms with Gasteiger partial charge in [-0.15, -0.1) is 0 Å². The second-order valence-corrected chi connectivity index (χ2v) is 3.49. The average Bonchev–Trinajstić information content (AvgIpc) is 2.16. The van der Waals surface area contributed by atoms with Gasteiger partial charge in [0.25, 0.3) is 0 Å². The second kappa shape index (κ2) is 4.22. The lowest BCUT2D eigenvalue weighted by Crippen LogP contribution is -1.99. The number of ether oxygens (including phenoxy) is 2. The molecule has 0 saturated carbocycles. The summed E-state index contributed by atoms with van der Waals surface area (Å²) in [6.45, 7) is 4.21. The van der Waals surface area contributed by atoms with E-state index in [0.29, 0.717) is 17.4 Å². The van der Waals surface area contributed by atoms with E-state index in [-0.39, 0.29) is 0 Å². The van der Waals surface area contributed by atoms with Crippen molar-refractivity contribution in [1.29, 1.82) is 0 Å². The van der Waals surface area contributed by atoms with Crippen LogP contribution in [0.2, 0.25) is 0 Å². The minimum Gasteiger partial charge on any atom is -0.496 e. The first-order valence-corrected chi connectivity index (χ1v) is 4.61. The molecule has 1 aromatic carbocycles. The number of methoxy groups -OCH3 is 2. The SMILES string of the molecule is COc1cc(C(C)C)c(OC)cc1N. The molecule has 3 nitrogen and oxygen atoms in total. The fourth-order valence-electron chi connectivity index (χ4n) is 1.40. The fraction of sp³-hybridized carbons (Fsp3) is 0.455. The van der Waals surface area contributed by atoms with E-state index < -0.39 is 0 Å². The molecule has 2 N–H and O–H groups in total. The van der Waals surface area contributed by atoms with E-state index in [4.69, 9.17) is 15.2 Å². The lowest BCUT2D eigenvalue weighted by atomic mass is 10.0. The van der Waals surface area contributed by atoms with E-state index in [2.05, 4.69) is 13.8 Å². The van der Waals surface area contributed by atoms with Crippen LogP contribution in [0, 0.1) is 0 Å². The van der Waals surface area contributed by atoms with Crippen molar-refractivity contribution in [2.45, 2.75) is 19.8 Å². The van der Waals surface area contributed by atoms with Crippen LogP contribution >= 0.6 is 0 Å². The van der Waals surface area contributed by atoms with E-state index in [1.54, 1.807) is 20.3 Å². The molecule has 0 aromatic heterocycles. The van der Waals surface area contributed by atoms with Gasteiger partial charge in [-0.1, -0.05) is 13.8 Å². The highest BCUT2D eigenvalue weighted by atomic mass is 16.5.